The fourth-order valence-electron chi connectivity index (χ4n) is 3.58. The van der Waals surface area contributed by atoms with Crippen molar-refractivity contribution in [1.82, 2.24) is 10.2 Å². The van der Waals surface area contributed by atoms with Crippen molar-refractivity contribution in [2.75, 3.05) is 13.1 Å². The first kappa shape index (κ1) is 9.17. The molecule has 3 rings (SSSR count). The van der Waals surface area contributed by atoms with Gasteiger partial charge in [-0.2, -0.15) is 0 Å². The summed E-state index contributed by atoms with van der Waals surface area (Å²) in [5.74, 6) is 1.78. The normalized spacial score (nSPS) is 43.5. The Labute approximate surface area is 87.0 Å². The lowest BCUT2D eigenvalue weighted by molar-refractivity contribution is 0.177. The van der Waals surface area contributed by atoms with Crippen LogP contribution in [0, 0.1) is 11.8 Å². The van der Waals surface area contributed by atoms with Crippen LogP contribution in [0.2, 0.25) is 0 Å². The van der Waals surface area contributed by atoms with Crippen molar-refractivity contribution in [1.29, 1.82) is 0 Å². The third kappa shape index (κ3) is 1.31. The number of likely N-dealkylation sites (tertiary alicyclic amines) is 1. The second kappa shape index (κ2) is 3.21. The van der Waals surface area contributed by atoms with E-state index in [1.165, 1.54) is 32.4 Å². The van der Waals surface area contributed by atoms with Gasteiger partial charge in [-0.05, 0) is 37.6 Å². The third-order valence-electron chi connectivity index (χ3n) is 4.30. The van der Waals surface area contributed by atoms with Crippen LogP contribution >= 0.6 is 0 Å². The van der Waals surface area contributed by atoms with Crippen LogP contribution in [-0.2, 0) is 0 Å². The molecule has 0 spiro atoms. The van der Waals surface area contributed by atoms with E-state index in [0.717, 1.165) is 30.0 Å². The van der Waals surface area contributed by atoms with E-state index < -0.39 is 0 Å². The number of nitrogens with one attached hydrogen (secondary N) is 1. The van der Waals surface area contributed by atoms with E-state index in [-0.39, 0.29) is 0 Å². The minimum Gasteiger partial charge on any atom is -0.312 e. The Morgan fingerprint density at radius 3 is 2.64 bits per heavy atom. The Bertz CT molecular complexity index is 222. The van der Waals surface area contributed by atoms with Gasteiger partial charge in [0.1, 0.15) is 0 Å². The van der Waals surface area contributed by atoms with Crippen LogP contribution in [-0.4, -0.2) is 36.1 Å². The minimum absolute atomic E-state index is 0.815. The monoisotopic (exact) mass is 194 g/mol. The van der Waals surface area contributed by atoms with Crippen molar-refractivity contribution in [2.24, 2.45) is 11.8 Å². The fourth-order valence-corrected chi connectivity index (χ4v) is 3.58. The van der Waals surface area contributed by atoms with Crippen molar-refractivity contribution in [3.05, 3.63) is 0 Å². The summed E-state index contributed by atoms with van der Waals surface area (Å²) in [7, 11) is 0. The molecule has 2 saturated heterocycles. The molecule has 0 aromatic carbocycles. The predicted octanol–water partition coefficient (Wildman–Crippen LogP) is 1.47. The molecule has 2 nitrogen and oxygen atoms in total. The largest absolute Gasteiger partial charge is 0.312 e. The Kier molecular flexibility index (Phi) is 2.10. The molecule has 0 bridgehead atoms. The molecular formula is C12H22N2. The Hall–Kier alpha value is -0.0800. The summed E-state index contributed by atoms with van der Waals surface area (Å²) in [6.45, 7) is 7.42. The van der Waals surface area contributed by atoms with E-state index in [1.54, 1.807) is 0 Å². The van der Waals surface area contributed by atoms with Crippen LogP contribution in [0.25, 0.3) is 0 Å². The van der Waals surface area contributed by atoms with Crippen LogP contribution in [0.15, 0.2) is 0 Å². The number of rotatable bonds is 2. The van der Waals surface area contributed by atoms with Gasteiger partial charge in [-0.15, -0.1) is 0 Å². The predicted molar refractivity (Wildman–Crippen MR) is 58.3 cm³/mol. The van der Waals surface area contributed by atoms with Crippen molar-refractivity contribution in [3.63, 3.8) is 0 Å². The number of nitrogens with zero attached hydrogens (tertiary/aromatic N) is 1. The van der Waals surface area contributed by atoms with E-state index in [2.05, 4.69) is 24.1 Å². The molecule has 0 aromatic rings. The highest BCUT2D eigenvalue weighted by Crippen LogP contribution is 2.40. The highest BCUT2D eigenvalue weighted by Gasteiger charge is 2.49. The van der Waals surface area contributed by atoms with Gasteiger partial charge in [0.25, 0.3) is 0 Å². The van der Waals surface area contributed by atoms with Gasteiger partial charge in [-0.25, -0.2) is 0 Å². The zero-order chi connectivity index (χ0) is 9.71. The molecule has 1 aliphatic carbocycles. The summed E-state index contributed by atoms with van der Waals surface area (Å²) in [5, 5.41) is 3.72. The fraction of sp³-hybridized carbons (Fsp3) is 1.00. The van der Waals surface area contributed by atoms with Gasteiger partial charge in [-0.1, -0.05) is 13.8 Å². The van der Waals surface area contributed by atoms with E-state index >= 15 is 0 Å². The van der Waals surface area contributed by atoms with Crippen LogP contribution in [0.3, 0.4) is 0 Å². The van der Waals surface area contributed by atoms with E-state index in [1.807, 2.05) is 0 Å². The molecule has 0 aromatic heterocycles. The van der Waals surface area contributed by atoms with Gasteiger partial charge in [-0.3, -0.25) is 4.90 Å². The number of hydrogen-bond donors (Lipinski definition) is 1. The third-order valence-corrected chi connectivity index (χ3v) is 4.30. The molecule has 0 amide bonds. The minimum atomic E-state index is 0.815. The first-order chi connectivity index (χ1) is 6.77. The van der Waals surface area contributed by atoms with Gasteiger partial charge < -0.3 is 5.32 Å². The van der Waals surface area contributed by atoms with E-state index in [0.29, 0.717) is 0 Å². The van der Waals surface area contributed by atoms with Crippen molar-refractivity contribution < 1.29 is 0 Å². The summed E-state index contributed by atoms with van der Waals surface area (Å²) in [6, 6.07) is 2.60. The van der Waals surface area contributed by atoms with Crippen LogP contribution in [0.5, 0.6) is 0 Å². The van der Waals surface area contributed by atoms with Crippen molar-refractivity contribution in [2.45, 2.75) is 51.2 Å². The average molecular weight is 194 g/mol. The molecule has 3 fully saturated rings. The number of fused-ring (bicyclic) bond motifs is 1. The maximum absolute atomic E-state index is 3.72. The zero-order valence-corrected chi connectivity index (χ0v) is 9.37. The second-order valence-electron chi connectivity index (χ2n) is 5.69. The smallest absolute Gasteiger partial charge is 0.0278 e. The molecule has 3 aliphatic rings. The van der Waals surface area contributed by atoms with Gasteiger partial charge in [0, 0.05) is 24.7 Å². The Balaban J connectivity index is 1.79. The quantitative estimate of drug-likeness (QED) is 0.716. The summed E-state index contributed by atoms with van der Waals surface area (Å²) < 4.78 is 0. The van der Waals surface area contributed by atoms with Gasteiger partial charge in [0.05, 0.1) is 0 Å². The molecule has 0 radical (unpaired) electrons. The molecule has 1 N–H and O–H groups in total. The lowest BCUT2D eigenvalue weighted by Crippen LogP contribution is -2.45. The van der Waals surface area contributed by atoms with Crippen LogP contribution in [0.1, 0.15) is 33.1 Å². The molecule has 2 heteroatoms. The van der Waals surface area contributed by atoms with Gasteiger partial charge in [0.15, 0.2) is 0 Å². The molecule has 2 aliphatic heterocycles. The van der Waals surface area contributed by atoms with Crippen molar-refractivity contribution >= 4 is 0 Å². The lowest BCUT2D eigenvalue weighted by atomic mass is 9.93. The first-order valence-electron chi connectivity index (χ1n) is 6.26. The van der Waals surface area contributed by atoms with E-state index in [9.17, 15) is 0 Å². The molecule has 3 atom stereocenters. The van der Waals surface area contributed by atoms with Gasteiger partial charge in [0.2, 0.25) is 0 Å². The second-order valence-corrected chi connectivity index (χ2v) is 5.69. The highest BCUT2D eigenvalue weighted by atomic mass is 15.3. The van der Waals surface area contributed by atoms with Crippen LogP contribution < -0.4 is 5.32 Å². The van der Waals surface area contributed by atoms with Crippen LogP contribution in [0.4, 0.5) is 0 Å². The summed E-state index contributed by atoms with van der Waals surface area (Å²) in [5.41, 5.74) is 0. The Morgan fingerprint density at radius 1 is 1.21 bits per heavy atom. The Morgan fingerprint density at radius 2 is 2.00 bits per heavy atom. The van der Waals surface area contributed by atoms with Crippen molar-refractivity contribution in [3.8, 4) is 0 Å². The standard InChI is InChI=1S/C12H22N2/c1-8(2)12-11-9(5-6-13-11)7-14(12)10-3-4-10/h8-13H,3-7H2,1-2H3. The molecule has 1 saturated carbocycles. The molecule has 2 heterocycles. The maximum atomic E-state index is 3.72. The topological polar surface area (TPSA) is 15.3 Å². The summed E-state index contributed by atoms with van der Waals surface area (Å²) >= 11 is 0. The summed E-state index contributed by atoms with van der Waals surface area (Å²) in [6.07, 6.45) is 4.34. The molecule has 3 unspecified atom stereocenters. The molecular weight excluding hydrogens is 172 g/mol. The number of hydrogen-bond acceptors (Lipinski definition) is 2. The summed E-state index contributed by atoms with van der Waals surface area (Å²) in [4.78, 5) is 2.81. The van der Waals surface area contributed by atoms with Gasteiger partial charge >= 0.3 is 0 Å². The van der Waals surface area contributed by atoms with E-state index in [4.69, 9.17) is 0 Å². The SMILES string of the molecule is CC(C)C1C2NCCC2CN1C1CC1. The highest BCUT2D eigenvalue weighted by molar-refractivity contribution is 5.06. The molecule has 14 heavy (non-hydrogen) atoms. The maximum Gasteiger partial charge on any atom is 0.0278 e. The first-order valence-corrected chi connectivity index (χ1v) is 6.26. The molecule has 80 valence electrons. The zero-order valence-electron chi connectivity index (χ0n) is 9.37. The average Bonchev–Trinajstić information content (AvgIpc) is 2.75. The lowest BCUT2D eigenvalue weighted by Gasteiger charge is -2.31.